The van der Waals surface area contributed by atoms with Gasteiger partial charge < -0.3 is 9.47 Å². The van der Waals surface area contributed by atoms with E-state index >= 15 is 0 Å². The molecule has 0 bridgehead atoms. The molecule has 0 unspecified atom stereocenters. The Morgan fingerprint density at radius 1 is 1.23 bits per heavy atom. The lowest BCUT2D eigenvalue weighted by atomic mass is 10.1. The van der Waals surface area contributed by atoms with Crippen molar-refractivity contribution in [3.05, 3.63) is 29.8 Å². The second kappa shape index (κ2) is 6.16. The predicted molar refractivity (Wildman–Crippen MR) is 83.1 cm³/mol. The van der Waals surface area contributed by atoms with E-state index < -0.39 is 10.2 Å². The molecule has 0 aromatic heterocycles. The normalized spacial score (nSPS) is 29.1. The summed E-state index contributed by atoms with van der Waals surface area (Å²) in [6, 6.07) is 7.80. The number of morpholine rings is 1. The van der Waals surface area contributed by atoms with Crippen LogP contribution in [0.15, 0.2) is 24.3 Å². The van der Waals surface area contributed by atoms with Crippen LogP contribution < -0.4 is 9.46 Å². The number of nitrogens with zero attached hydrogens (tertiary/aromatic N) is 1. The number of rotatable bonds is 4. The summed E-state index contributed by atoms with van der Waals surface area (Å²) < 4.78 is 40.3. The van der Waals surface area contributed by atoms with Gasteiger partial charge in [0.1, 0.15) is 11.9 Å². The Kier molecular flexibility index (Phi) is 4.40. The molecule has 1 fully saturated rings. The summed E-state index contributed by atoms with van der Waals surface area (Å²) in [6.07, 6.45) is 0.400. The van der Waals surface area contributed by atoms with Crippen LogP contribution in [0.5, 0.6) is 5.75 Å². The van der Waals surface area contributed by atoms with Gasteiger partial charge in [0.05, 0.1) is 12.2 Å². The molecule has 1 saturated heterocycles. The monoisotopic (exact) mass is 326 g/mol. The molecule has 1 N–H and O–H groups in total. The highest BCUT2D eigenvalue weighted by molar-refractivity contribution is 7.87. The number of fused-ring (bicyclic) bond motifs is 1. The minimum Gasteiger partial charge on any atom is -0.488 e. The van der Waals surface area contributed by atoms with Crippen molar-refractivity contribution in [1.29, 1.82) is 0 Å². The summed E-state index contributed by atoms with van der Waals surface area (Å²) in [6.45, 7) is 4.80. The highest BCUT2D eigenvalue weighted by Gasteiger charge is 2.32. The molecule has 0 radical (unpaired) electrons. The second-order valence-electron chi connectivity index (χ2n) is 5.98. The van der Waals surface area contributed by atoms with Gasteiger partial charge in [-0.05, 0) is 25.5 Å². The zero-order valence-corrected chi connectivity index (χ0v) is 13.7. The van der Waals surface area contributed by atoms with Crippen molar-refractivity contribution < 1.29 is 17.9 Å². The smallest absolute Gasteiger partial charge is 0.279 e. The van der Waals surface area contributed by atoms with Crippen LogP contribution in [0, 0.1) is 0 Å². The van der Waals surface area contributed by atoms with E-state index in [4.69, 9.17) is 9.47 Å². The van der Waals surface area contributed by atoms with Crippen LogP contribution in [-0.2, 0) is 21.4 Å². The first-order valence-corrected chi connectivity index (χ1v) is 9.03. The van der Waals surface area contributed by atoms with Gasteiger partial charge in [-0.1, -0.05) is 18.2 Å². The Hall–Kier alpha value is -1.15. The van der Waals surface area contributed by atoms with Gasteiger partial charge in [-0.2, -0.15) is 17.4 Å². The summed E-state index contributed by atoms with van der Waals surface area (Å²) in [5, 5.41) is 0. The van der Waals surface area contributed by atoms with Crippen molar-refractivity contribution in [2.75, 3.05) is 19.6 Å². The standard InChI is InChI=1S/C15H22N2O4S/c1-11-9-17(10-12(2)20-11)22(18,19)16-8-14-7-13-5-3-4-6-15(13)21-14/h3-6,11-12,14,16H,7-10H2,1-2H3/t11-,12+,14-/m1/s1. The maximum Gasteiger partial charge on any atom is 0.279 e. The zero-order valence-electron chi connectivity index (χ0n) is 12.9. The molecule has 7 heteroatoms. The first kappa shape index (κ1) is 15.7. The molecule has 22 heavy (non-hydrogen) atoms. The van der Waals surface area contributed by atoms with Crippen LogP contribution in [-0.4, -0.2) is 50.7 Å². The average molecular weight is 326 g/mol. The van der Waals surface area contributed by atoms with E-state index in [-0.39, 0.29) is 24.9 Å². The third-order valence-electron chi connectivity index (χ3n) is 3.93. The quantitative estimate of drug-likeness (QED) is 0.894. The molecular weight excluding hydrogens is 304 g/mol. The Balaban J connectivity index is 1.57. The van der Waals surface area contributed by atoms with Crippen molar-refractivity contribution in [3.63, 3.8) is 0 Å². The number of hydrogen-bond donors (Lipinski definition) is 1. The number of ether oxygens (including phenoxy) is 2. The average Bonchev–Trinajstić information content (AvgIpc) is 2.87. The summed E-state index contributed by atoms with van der Waals surface area (Å²) in [5.41, 5.74) is 1.13. The van der Waals surface area contributed by atoms with E-state index in [9.17, 15) is 8.42 Å². The van der Waals surface area contributed by atoms with Crippen LogP contribution >= 0.6 is 0 Å². The van der Waals surface area contributed by atoms with Gasteiger partial charge in [-0.15, -0.1) is 0 Å². The molecule has 3 atom stereocenters. The van der Waals surface area contributed by atoms with Gasteiger partial charge >= 0.3 is 0 Å². The molecule has 2 aliphatic rings. The Bertz CT molecular complexity index is 599. The molecular formula is C15H22N2O4S. The lowest BCUT2D eigenvalue weighted by molar-refractivity contribution is -0.0444. The maximum absolute atomic E-state index is 12.4. The zero-order chi connectivity index (χ0) is 15.7. The number of benzene rings is 1. The van der Waals surface area contributed by atoms with E-state index in [2.05, 4.69) is 4.72 Å². The molecule has 2 aliphatic heterocycles. The van der Waals surface area contributed by atoms with E-state index in [0.29, 0.717) is 13.1 Å². The first-order valence-electron chi connectivity index (χ1n) is 7.59. The first-order chi connectivity index (χ1) is 10.4. The van der Waals surface area contributed by atoms with Gasteiger partial charge in [-0.3, -0.25) is 0 Å². The molecule has 0 amide bonds. The topological polar surface area (TPSA) is 67.9 Å². The van der Waals surface area contributed by atoms with Crippen molar-refractivity contribution in [2.45, 2.75) is 38.6 Å². The Morgan fingerprint density at radius 2 is 1.91 bits per heavy atom. The van der Waals surface area contributed by atoms with E-state index in [1.807, 2.05) is 38.1 Å². The largest absolute Gasteiger partial charge is 0.488 e. The van der Waals surface area contributed by atoms with Gasteiger partial charge in [-0.25, -0.2) is 0 Å². The van der Waals surface area contributed by atoms with Gasteiger partial charge in [0, 0.05) is 26.1 Å². The van der Waals surface area contributed by atoms with Gasteiger partial charge in [0.2, 0.25) is 0 Å². The molecule has 122 valence electrons. The van der Waals surface area contributed by atoms with Crippen LogP contribution in [0.25, 0.3) is 0 Å². The third kappa shape index (κ3) is 3.43. The van der Waals surface area contributed by atoms with Crippen molar-refractivity contribution in [2.24, 2.45) is 0 Å². The summed E-state index contributed by atoms with van der Waals surface area (Å²) >= 11 is 0. The van der Waals surface area contributed by atoms with Crippen molar-refractivity contribution in [1.82, 2.24) is 9.03 Å². The van der Waals surface area contributed by atoms with Crippen LogP contribution in [0.1, 0.15) is 19.4 Å². The second-order valence-corrected chi connectivity index (χ2v) is 7.73. The highest BCUT2D eigenvalue weighted by Crippen LogP contribution is 2.27. The number of nitrogens with one attached hydrogen (secondary N) is 1. The van der Waals surface area contributed by atoms with Crippen LogP contribution in [0.4, 0.5) is 0 Å². The minimum atomic E-state index is -3.50. The Labute approximate surface area is 131 Å². The minimum absolute atomic E-state index is 0.0905. The van der Waals surface area contributed by atoms with Crippen molar-refractivity contribution in [3.8, 4) is 5.75 Å². The maximum atomic E-state index is 12.4. The molecule has 0 aliphatic carbocycles. The highest BCUT2D eigenvalue weighted by atomic mass is 32.2. The molecule has 1 aromatic rings. The molecule has 3 rings (SSSR count). The predicted octanol–water partition coefficient (Wildman–Crippen LogP) is 0.934. The fourth-order valence-corrected chi connectivity index (χ4v) is 4.38. The number of para-hydroxylation sites is 1. The molecule has 6 nitrogen and oxygen atoms in total. The molecule has 0 saturated carbocycles. The summed E-state index contributed by atoms with van der Waals surface area (Å²) in [7, 11) is -3.50. The van der Waals surface area contributed by atoms with Crippen LogP contribution in [0.2, 0.25) is 0 Å². The molecule has 0 spiro atoms. The fourth-order valence-electron chi connectivity index (χ4n) is 2.98. The fraction of sp³-hybridized carbons (Fsp3) is 0.600. The van der Waals surface area contributed by atoms with Crippen molar-refractivity contribution >= 4 is 10.2 Å². The van der Waals surface area contributed by atoms with Crippen LogP contribution in [0.3, 0.4) is 0 Å². The summed E-state index contributed by atoms with van der Waals surface area (Å²) in [5.74, 6) is 0.848. The Morgan fingerprint density at radius 3 is 2.59 bits per heavy atom. The summed E-state index contributed by atoms with van der Waals surface area (Å²) in [4.78, 5) is 0. The lowest BCUT2D eigenvalue weighted by Crippen LogP contribution is -2.53. The molecule has 2 heterocycles. The SMILES string of the molecule is C[C@@H]1CN(S(=O)(=O)NC[C@H]2Cc3ccccc3O2)C[C@H](C)O1. The lowest BCUT2D eigenvalue weighted by Gasteiger charge is -2.34. The number of hydrogen-bond acceptors (Lipinski definition) is 4. The van der Waals surface area contributed by atoms with E-state index in [1.165, 1.54) is 4.31 Å². The third-order valence-corrected chi connectivity index (χ3v) is 5.44. The molecule has 1 aromatic carbocycles. The van der Waals surface area contributed by atoms with Gasteiger partial charge in [0.25, 0.3) is 10.2 Å². The van der Waals surface area contributed by atoms with Gasteiger partial charge in [0.15, 0.2) is 0 Å². The van der Waals surface area contributed by atoms with E-state index in [0.717, 1.165) is 17.7 Å². The van der Waals surface area contributed by atoms with E-state index in [1.54, 1.807) is 0 Å².